The van der Waals surface area contributed by atoms with Gasteiger partial charge in [-0.05, 0) is 6.92 Å². The fourth-order valence-electron chi connectivity index (χ4n) is 0.253. The van der Waals surface area contributed by atoms with E-state index < -0.39 is 5.31 Å². The summed E-state index contributed by atoms with van der Waals surface area (Å²) in [4.78, 5) is 0. The van der Waals surface area contributed by atoms with E-state index in [0.717, 1.165) is 6.92 Å². The summed E-state index contributed by atoms with van der Waals surface area (Å²) in [5.41, 5.74) is 0. The van der Waals surface area contributed by atoms with Crippen molar-refractivity contribution in [2.24, 2.45) is 0 Å². The highest BCUT2D eigenvalue weighted by Gasteiger charge is 2.16. The van der Waals surface area contributed by atoms with Crippen LogP contribution in [0.15, 0.2) is 0 Å². The number of halogens is 2. The van der Waals surface area contributed by atoms with Crippen molar-refractivity contribution in [3.8, 4) is 0 Å². The summed E-state index contributed by atoms with van der Waals surface area (Å²) < 4.78 is 16.3. The van der Waals surface area contributed by atoms with Crippen LogP contribution in [0.2, 0.25) is 0 Å². The molecule has 0 aromatic heterocycles. The molecular weight excluding hydrogens is 118 g/mol. The number of ether oxygens (including phenoxy) is 1. The molecule has 1 nitrogen and oxygen atoms in total. The lowest BCUT2D eigenvalue weighted by atomic mass is 10.7. The quantitative estimate of drug-likeness (QED) is 0.514. The number of hydrogen-bond donors (Lipinski definition) is 0. The molecule has 0 aromatic rings. The van der Waals surface area contributed by atoms with Crippen molar-refractivity contribution in [1.82, 2.24) is 0 Å². The lowest BCUT2D eigenvalue weighted by Crippen LogP contribution is -2.12. The zero-order chi connectivity index (χ0) is 5.91. The fourth-order valence-corrected chi connectivity index (χ4v) is 0.363. The Labute approximate surface area is 47.4 Å². The summed E-state index contributed by atoms with van der Waals surface area (Å²) in [6.07, 6.45) is 0. The van der Waals surface area contributed by atoms with Crippen LogP contribution in [0.1, 0.15) is 13.8 Å². The van der Waals surface area contributed by atoms with Crippen molar-refractivity contribution in [3.63, 3.8) is 0 Å². The molecule has 0 fully saturated rings. The van der Waals surface area contributed by atoms with E-state index in [2.05, 4.69) is 4.74 Å². The summed E-state index contributed by atoms with van der Waals surface area (Å²) in [5.74, 6) is 0. The predicted molar refractivity (Wildman–Crippen MR) is 27.0 cm³/mol. The first-order valence-electron chi connectivity index (χ1n) is 2.08. The van der Waals surface area contributed by atoms with E-state index in [-0.39, 0.29) is 0 Å². The molecule has 0 heterocycles. The van der Waals surface area contributed by atoms with Crippen LogP contribution in [0.4, 0.5) is 4.39 Å². The van der Waals surface area contributed by atoms with Crippen LogP contribution in [0, 0.1) is 0 Å². The Bertz CT molecular complexity index is 50.1. The van der Waals surface area contributed by atoms with Crippen LogP contribution in [0.3, 0.4) is 0 Å². The van der Waals surface area contributed by atoms with Crippen molar-refractivity contribution in [1.29, 1.82) is 0 Å². The molecule has 0 spiro atoms. The lowest BCUT2D eigenvalue weighted by molar-refractivity contribution is -0.0563. The second kappa shape index (κ2) is 2.48. The number of alkyl halides is 2. The normalized spacial score (nSPS) is 18.9. The molecule has 0 amide bonds. The largest absolute Gasteiger partial charge is 0.334 e. The van der Waals surface area contributed by atoms with Gasteiger partial charge in [0.05, 0.1) is 0 Å². The van der Waals surface area contributed by atoms with Gasteiger partial charge in [-0.15, -0.1) is 0 Å². The standard InChI is InChI=1S/C4H8ClFO/c1-3-7-4(2,5)6/h3H2,1-2H3. The Morgan fingerprint density at radius 2 is 2.29 bits per heavy atom. The van der Waals surface area contributed by atoms with E-state index in [1.54, 1.807) is 6.92 Å². The summed E-state index contributed by atoms with van der Waals surface area (Å²) in [6, 6.07) is 0. The van der Waals surface area contributed by atoms with Crippen molar-refractivity contribution >= 4 is 11.6 Å². The van der Waals surface area contributed by atoms with Crippen LogP contribution >= 0.6 is 11.6 Å². The number of rotatable bonds is 2. The van der Waals surface area contributed by atoms with Gasteiger partial charge in [-0.1, -0.05) is 11.6 Å². The molecule has 0 aliphatic heterocycles. The molecule has 0 saturated heterocycles. The second-order valence-corrected chi connectivity index (χ2v) is 1.92. The third-order valence-corrected chi connectivity index (χ3v) is 0.507. The van der Waals surface area contributed by atoms with E-state index in [4.69, 9.17) is 11.6 Å². The van der Waals surface area contributed by atoms with Crippen molar-refractivity contribution in [3.05, 3.63) is 0 Å². The Morgan fingerprint density at radius 3 is 2.29 bits per heavy atom. The first-order chi connectivity index (χ1) is 3.06. The molecule has 0 radical (unpaired) electrons. The highest BCUT2D eigenvalue weighted by atomic mass is 35.5. The van der Waals surface area contributed by atoms with E-state index in [0.29, 0.717) is 6.61 Å². The maximum atomic E-state index is 11.9. The minimum atomic E-state index is -1.98. The van der Waals surface area contributed by atoms with Gasteiger partial charge >= 0.3 is 0 Å². The maximum Gasteiger partial charge on any atom is 0.283 e. The SMILES string of the molecule is CCOC(C)(F)Cl. The maximum absolute atomic E-state index is 11.9. The van der Waals surface area contributed by atoms with Gasteiger partial charge in [0.1, 0.15) is 0 Å². The van der Waals surface area contributed by atoms with Crippen LogP contribution in [0.5, 0.6) is 0 Å². The van der Waals surface area contributed by atoms with Crippen LogP contribution in [0.25, 0.3) is 0 Å². The van der Waals surface area contributed by atoms with Crippen LogP contribution in [-0.2, 0) is 4.74 Å². The minimum absolute atomic E-state index is 0.302. The van der Waals surface area contributed by atoms with Crippen LogP contribution in [-0.4, -0.2) is 11.9 Å². The van der Waals surface area contributed by atoms with Crippen molar-refractivity contribution in [2.75, 3.05) is 6.61 Å². The molecule has 0 aliphatic rings. The van der Waals surface area contributed by atoms with Crippen LogP contribution < -0.4 is 0 Å². The zero-order valence-corrected chi connectivity index (χ0v) is 5.13. The summed E-state index contributed by atoms with van der Waals surface area (Å²) in [5, 5.41) is -1.98. The summed E-state index contributed by atoms with van der Waals surface area (Å²) in [7, 11) is 0. The minimum Gasteiger partial charge on any atom is -0.334 e. The average molecular weight is 127 g/mol. The third kappa shape index (κ3) is 6.18. The van der Waals surface area contributed by atoms with E-state index in [9.17, 15) is 4.39 Å². The van der Waals surface area contributed by atoms with Gasteiger partial charge in [0.25, 0.3) is 5.31 Å². The smallest absolute Gasteiger partial charge is 0.283 e. The molecule has 44 valence electrons. The fraction of sp³-hybridized carbons (Fsp3) is 1.00. The molecule has 0 saturated carbocycles. The average Bonchev–Trinajstić information content (AvgIpc) is 1.30. The molecule has 0 bridgehead atoms. The molecule has 0 aliphatic carbocycles. The van der Waals surface area contributed by atoms with Gasteiger partial charge in [0.2, 0.25) is 0 Å². The topological polar surface area (TPSA) is 9.23 Å². The highest BCUT2D eigenvalue weighted by molar-refractivity contribution is 6.21. The summed E-state index contributed by atoms with van der Waals surface area (Å²) in [6.45, 7) is 3.13. The zero-order valence-electron chi connectivity index (χ0n) is 4.37. The van der Waals surface area contributed by atoms with Gasteiger partial charge in [-0.2, -0.15) is 4.39 Å². The van der Waals surface area contributed by atoms with Gasteiger partial charge in [0, 0.05) is 13.5 Å². The molecule has 7 heavy (non-hydrogen) atoms. The first kappa shape index (κ1) is 7.18. The van der Waals surface area contributed by atoms with Crippen molar-refractivity contribution < 1.29 is 9.13 Å². The molecule has 1 atom stereocenters. The molecular formula is C4H8ClFO. The monoisotopic (exact) mass is 126 g/mol. The van der Waals surface area contributed by atoms with E-state index >= 15 is 0 Å². The van der Waals surface area contributed by atoms with Gasteiger partial charge in [-0.3, -0.25) is 0 Å². The van der Waals surface area contributed by atoms with Gasteiger partial charge in [0.15, 0.2) is 0 Å². The Balaban J connectivity index is 3.15. The molecule has 0 rings (SSSR count). The predicted octanol–water partition coefficient (Wildman–Crippen LogP) is 1.90. The Hall–Kier alpha value is 0.180. The highest BCUT2D eigenvalue weighted by Crippen LogP contribution is 2.15. The van der Waals surface area contributed by atoms with Gasteiger partial charge in [-0.25, -0.2) is 0 Å². The van der Waals surface area contributed by atoms with E-state index in [1.807, 2.05) is 0 Å². The molecule has 0 aromatic carbocycles. The lowest BCUT2D eigenvalue weighted by Gasteiger charge is -2.09. The Morgan fingerprint density at radius 1 is 1.86 bits per heavy atom. The van der Waals surface area contributed by atoms with E-state index in [1.165, 1.54) is 0 Å². The molecule has 3 heteroatoms. The Kier molecular flexibility index (Phi) is 2.54. The molecule has 0 N–H and O–H groups in total. The number of hydrogen-bond acceptors (Lipinski definition) is 1. The second-order valence-electron chi connectivity index (χ2n) is 1.24. The van der Waals surface area contributed by atoms with Gasteiger partial charge < -0.3 is 4.74 Å². The third-order valence-electron chi connectivity index (χ3n) is 0.398. The summed E-state index contributed by atoms with van der Waals surface area (Å²) >= 11 is 4.94. The first-order valence-corrected chi connectivity index (χ1v) is 2.46. The molecule has 1 unspecified atom stereocenters. The van der Waals surface area contributed by atoms with Crippen molar-refractivity contribution in [2.45, 2.75) is 19.2 Å².